The highest BCUT2D eigenvalue weighted by molar-refractivity contribution is 6.30. The van der Waals surface area contributed by atoms with Gasteiger partial charge >= 0.3 is 0 Å². The molecule has 0 radical (unpaired) electrons. The second-order valence-corrected chi connectivity index (χ2v) is 8.07. The summed E-state index contributed by atoms with van der Waals surface area (Å²) in [6, 6.07) is 8.34. The van der Waals surface area contributed by atoms with Crippen molar-refractivity contribution in [3.05, 3.63) is 47.2 Å². The van der Waals surface area contributed by atoms with Gasteiger partial charge < -0.3 is 9.64 Å². The van der Waals surface area contributed by atoms with Gasteiger partial charge in [-0.1, -0.05) is 29.3 Å². The molecular weight excluding hydrogens is 346 g/mol. The van der Waals surface area contributed by atoms with E-state index in [0.717, 1.165) is 49.1 Å². The van der Waals surface area contributed by atoms with Crippen LogP contribution in [0.3, 0.4) is 0 Å². The Balaban J connectivity index is 1.18. The molecule has 2 aromatic rings. The molecule has 1 aliphatic heterocycles. The van der Waals surface area contributed by atoms with Crippen molar-refractivity contribution in [3.63, 3.8) is 0 Å². The van der Waals surface area contributed by atoms with Gasteiger partial charge in [0, 0.05) is 13.1 Å². The second kappa shape index (κ2) is 7.83. The lowest BCUT2D eigenvalue weighted by molar-refractivity contribution is 0.284. The molecular formula is C21H26ClN3O. The van der Waals surface area contributed by atoms with Crippen molar-refractivity contribution in [3.8, 4) is 5.75 Å². The maximum Gasteiger partial charge on any atom is 0.225 e. The number of benzene rings is 1. The molecule has 1 aliphatic carbocycles. The van der Waals surface area contributed by atoms with Crippen LogP contribution in [0, 0.1) is 24.7 Å². The first kappa shape index (κ1) is 17.6. The van der Waals surface area contributed by atoms with E-state index >= 15 is 0 Å². The van der Waals surface area contributed by atoms with Gasteiger partial charge in [0.25, 0.3) is 0 Å². The SMILES string of the molecule is Cc1ccc(OCCC2CC2C2CCN(c3ncc(Cl)cn3)CC2)cc1. The molecule has 2 heterocycles. The summed E-state index contributed by atoms with van der Waals surface area (Å²) in [7, 11) is 0. The van der Waals surface area contributed by atoms with Crippen LogP contribution < -0.4 is 9.64 Å². The molecule has 4 rings (SSSR count). The van der Waals surface area contributed by atoms with Crippen molar-refractivity contribution >= 4 is 17.5 Å². The highest BCUT2D eigenvalue weighted by atomic mass is 35.5. The molecule has 26 heavy (non-hydrogen) atoms. The number of rotatable bonds is 6. The highest BCUT2D eigenvalue weighted by Crippen LogP contribution is 2.49. The molecule has 2 atom stereocenters. The lowest BCUT2D eigenvalue weighted by Gasteiger charge is -2.32. The topological polar surface area (TPSA) is 38.2 Å². The zero-order chi connectivity index (χ0) is 17.9. The van der Waals surface area contributed by atoms with E-state index in [-0.39, 0.29) is 0 Å². The van der Waals surface area contributed by atoms with E-state index in [9.17, 15) is 0 Å². The van der Waals surface area contributed by atoms with Crippen LogP contribution in [0.1, 0.15) is 31.2 Å². The minimum absolute atomic E-state index is 0.595. The van der Waals surface area contributed by atoms with Crippen molar-refractivity contribution in [1.82, 2.24) is 9.97 Å². The number of ether oxygens (including phenoxy) is 1. The Morgan fingerprint density at radius 1 is 1.12 bits per heavy atom. The second-order valence-electron chi connectivity index (χ2n) is 7.64. The van der Waals surface area contributed by atoms with Crippen LogP contribution in [0.5, 0.6) is 5.75 Å². The Bertz CT molecular complexity index is 711. The number of halogens is 1. The molecule has 0 bridgehead atoms. The molecule has 5 heteroatoms. The quantitative estimate of drug-likeness (QED) is 0.733. The van der Waals surface area contributed by atoms with Crippen molar-refractivity contribution < 1.29 is 4.74 Å². The number of aromatic nitrogens is 2. The van der Waals surface area contributed by atoms with Crippen LogP contribution in [0.2, 0.25) is 5.02 Å². The van der Waals surface area contributed by atoms with E-state index in [2.05, 4.69) is 46.1 Å². The van der Waals surface area contributed by atoms with Gasteiger partial charge in [-0.15, -0.1) is 0 Å². The molecule has 0 spiro atoms. The standard InChI is InChI=1S/C21H26ClN3O/c1-15-2-4-19(5-3-15)26-11-8-17-12-20(17)16-6-9-25(10-7-16)21-23-13-18(22)14-24-21/h2-5,13-14,16-17,20H,6-12H2,1H3. The van der Waals surface area contributed by atoms with Gasteiger partial charge in [0.2, 0.25) is 5.95 Å². The molecule has 1 aromatic carbocycles. The van der Waals surface area contributed by atoms with Gasteiger partial charge in [0.05, 0.1) is 24.0 Å². The Hall–Kier alpha value is -1.81. The summed E-state index contributed by atoms with van der Waals surface area (Å²) in [5.74, 6) is 4.40. The molecule has 2 fully saturated rings. The fourth-order valence-electron chi connectivity index (χ4n) is 4.14. The van der Waals surface area contributed by atoms with Gasteiger partial charge in [-0.05, 0) is 62.5 Å². The predicted octanol–water partition coefficient (Wildman–Crippen LogP) is 4.76. The van der Waals surface area contributed by atoms with E-state index in [4.69, 9.17) is 16.3 Å². The maximum atomic E-state index is 5.90. The van der Waals surface area contributed by atoms with Crippen molar-refractivity contribution in [2.75, 3.05) is 24.6 Å². The first-order valence-electron chi connectivity index (χ1n) is 9.61. The highest BCUT2D eigenvalue weighted by Gasteiger charge is 2.43. The molecule has 2 unspecified atom stereocenters. The van der Waals surface area contributed by atoms with Crippen molar-refractivity contribution in [2.24, 2.45) is 17.8 Å². The largest absolute Gasteiger partial charge is 0.494 e. The molecule has 0 N–H and O–H groups in total. The number of hydrogen-bond acceptors (Lipinski definition) is 4. The lowest BCUT2D eigenvalue weighted by atomic mass is 9.90. The third-order valence-electron chi connectivity index (χ3n) is 5.79. The average Bonchev–Trinajstić information content (AvgIpc) is 3.44. The molecule has 1 saturated carbocycles. The summed E-state index contributed by atoms with van der Waals surface area (Å²) in [4.78, 5) is 11.0. The summed E-state index contributed by atoms with van der Waals surface area (Å²) in [6.45, 7) is 5.04. The fraction of sp³-hybridized carbons (Fsp3) is 0.524. The summed E-state index contributed by atoms with van der Waals surface area (Å²) < 4.78 is 5.90. The average molecular weight is 372 g/mol. The normalized spacial score (nSPS) is 23.1. The summed E-state index contributed by atoms with van der Waals surface area (Å²) >= 11 is 5.87. The maximum absolute atomic E-state index is 5.90. The summed E-state index contributed by atoms with van der Waals surface area (Å²) in [6.07, 6.45) is 8.40. The minimum atomic E-state index is 0.595. The zero-order valence-electron chi connectivity index (χ0n) is 15.3. The van der Waals surface area contributed by atoms with Crippen molar-refractivity contribution in [1.29, 1.82) is 0 Å². The Morgan fingerprint density at radius 2 is 1.81 bits per heavy atom. The molecule has 2 aliphatic rings. The van der Waals surface area contributed by atoms with Gasteiger partial charge in [0.15, 0.2) is 0 Å². The minimum Gasteiger partial charge on any atom is -0.494 e. The number of anilines is 1. The van der Waals surface area contributed by atoms with Gasteiger partial charge in [-0.2, -0.15) is 0 Å². The van der Waals surface area contributed by atoms with E-state index in [1.807, 2.05) is 0 Å². The van der Waals surface area contributed by atoms with E-state index < -0.39 is 0 Å². The van der Waals surface area contributed by atoms with Crippen LogP contribution in [-0.2, 0) is 0 Å². The van der Waals surface area contributed by atoms with E-state index in [1.165, 1.54) is 31.2 Å². The lowest BCUT2D eigenvalue weighted by Crippen LogP contribution is -2.35. The Morgan fingerprint density at radius 3 is 2.50 bits per heavy atom. The van der Waals surface area contributed by atoms with E-state index in [1.54, 1.807) is 12.4 Å². The first-order chi connectivity index (χ1) is 12.7. The van der Waals surface area contributed by atoms with Gasteiger partial charge in [-0.25, -0.2) is 9.97 Å². The monoisotopic (exact) mass is 371 g/mol. The first-order valence-corrected chi connectivity index (χ1v) is 9.99. The summed E-state index contributed by atoms with van der Waals surface area (Å²) in [5.41, 5.74) is 1.27. The van der Waals surface area contributed by atoms with Crippen molar-refractivity contribution in [2.45, 2.75) is 32.6 Å². The van der Waals surface area contributed by atoms with E-state index in [0.29, 0.717) is 5.02 Å². The molecule has 138 valence electrons. The number of piperidine rings is 1. The van der Waals surface area contributed by atoms with Gasteiger partial charge in [0.1, 0.15) is 5.75 Å². The van der Waals surface area contributed by atoms with Crippen LogP contribution in [0.4, 0.5) is 5.95 Å². The summed E-state index contributed by atoms with van der Waals surface area (Å²) in [5, 5.41) is 0.595. The smallest absolute Gasteiger partial charge is 0.225 e. The Labute approximate surface area is 160 Å². The third kappa shape index (κ3) is 4.29. The molecule has 4 nitrogen and oxygen atoms in total. The third-order valence-corrected chi connectivity index (χ3v) is 5.99. The van der Waals surface area contributed by atoms with Crippen LogP contribution >= 0.6 is 11.6 Å². The molecule has 1 aromatic heterocycles. The fourth-order valence-corrected chi connectivity index (χ4v) is 4.24. The predicted molar refractivity (Wildman–Crippen MR) is 105 cm³/mol. The van der Waals surface area contributed by atoms with Gasteiger partial charge in [-0.3, -0.25) is 0 Å². The number of hydrogen-bond donors (Lipinski definition) is 0. The molecule has 1 saturated heterocycles. The number of nitrogens with zero attached hydrogens (tertiary/aromatic N) is 3. The Kier molecular flexibility index (Phi) is 5.30. The van der Waals surface area contributed by atoms with Crippen LogP contribution in [0.25, 0.3) is 0 Å². The number of aryl methyl sites for hydroxylation is 1. The molecule has 0 amide bonds. The van der Waals surface area contributed by atoms with Crippen LogP contribution in [0.15, 0.2) is 36.7 Å². The zero-order valence-corrected chi connectivity index (χ0v) is 16.0. The van der Waals surface area contributed by atoms with Crippen LogP contribution in [-0.4, -0.2) is 29.7 Å².